The van der Waals surface area contributed by atoms with E-state index in [4.69, 9.17) is 5.73 Å². The molecule has 1 fully saturated rings. The van der Waals surface area contributed by atoms with E-state index < -0.39 is 0 Å². The standard InChI is InChI=1S/C18H23FN4/c19-16-6-7-17(22-13-14-4-2-1-3-5-14)15(12-20)18(16)23-10-8-21-9-11-23/h1-7,21-22H,8-13,20H2. The molecule has 0 spiro atoms. The number of anilines is 2. The van der Waals surface area contributed by atoms with Crippen LogP contribution in [0.1, 0.15) is 11.1 Å². The van der Waals surface area contributed by atoms with Crippen LogP contribution in [0.5, 0.6) is 0 Å². The highest BCUT2D eigenvalue weighted by atomic mass is 19.1. The average molecular weight is 314 g/mol. The van der Waals surface area contributed by atoms with Crippen molar-refractivity contribution in [2.24, 2.45) is 5.73 Å². The summed E-state index contributed by atoms with van der Waals surface area (Å²) >= 11 is 0. The Morgan fingerprint density at radius 3 is 2.52 bits per heavy atom. The summed E-state index contributed by atoms with van der Waals surface area (Å²) in [7, 11) is 0. The lowest BCUT2D eigenvalue weighted by Crippen LogP contribution is -2.44. The molecule has 0 radical (unpaired) electrons. The molecule has 2 aromatic rings. The first-order chi connectivity index (χ1) is 11.3. The van der Waals surface area contributed by atoms with Crippen LogP contribution in [0, 0.1) is 5.82 Å². The number of piperazine rings is 1. The number of hydrogen-bond donors (Lipinski definition) is 3. The highest BCUT2D eigenvalue weighted by Crippen LogP contribution is 2.31. The molecule has 1 heterocycles. The van der Waals surface area contributed by atoms with Crippen molar-refractivity contribution < 1.29 is 4.39 Å². The van der Waals surface area contributed by atoms with Gasteiger partial charge in [-0.15, -0.1) is 0 Å². The van der Waals surface area contributed by atoms with Crippen LogP contribution >= 0.6 is 0 Å². The lowest BCUT2D eigenvalue weighted by atomic mass is 10.1. The SMILES string of the molecule is NCc1c(NCc2ccccc2)ccc(F)c1N1CCNCC1. The first-order valence-electron chi connectivity index (χ1n) is 8.04. The number of nitrogens with one attached hydrogen (secondary N) is 2. The van der Waals surface area contributed by atoms with Crippen molar-refractivity contribution in [1.82, 2.24) is 5.32 Å². The van der Waals surface area contributed by atoms with Gasteiger partial charge in [-0.2, -0.15) is 0 Å². The zero-order valence-corrected chi connectivity index (χ0v) is 13.2. The predicted octanol–water partition coefficient (Wildman–Crippen LogP) is 2.31. The summed E-state index contributed by atoms with van der Waals surface area (Å²) in [6.45, 7) is 4.34. The summed E-state index contributed by atoms with van der Waals surface area (Å²) in [5.41, 5.74) is 9.53. The Kier molecular flexibility index (Phi) is 5.10. The lowest BCUT2D eigenvalue weighted by Gasteiger charge is -2.32. The van der Waals surface area contributed by atoms with Crippen LogP contribution in [0.2, 0.25) is 0 Å². The fourth-order valence-electron chi connectivity index (χ4n) is 3.00. The smallest absolute Gasteiger partial charge is 0.146 e. The minimum absolute atomic E-state index is 0.197. The monoisotopic (exact) mass is 314 g/mol. The molecule has 2 aromatic carbocycles. The number of benzene rings is 2. The Balaban J connectivity index is 1.85. The number of hydrogen-bond acceptors (Lipinski definition) is 4. The van der Waals surface area contributed by atoms with E-state index in [9.17, 15) is 4.39 Å². The van der Waals surface area contributed by atoms with E-state index in [1.54, 1.807) is 6.07 Å². The molecule has 1 aliphatic heterocycles. The predicted molar refractivity (Wildman–Crippen MR) is 93.1 cm³/mol. The van der Waals surface area contributed by atoms with Gasteiger partial charge < -0.3 is 21.3 Å². The van der Waals surface area contributed by atoms with Crippen LogP contribution in [0.15, 0.2) is 42.5 Å². The number of nitrogens with two attached hydrogens (primary N) is 1. The molecule has 23 heavy (non-hydrogen) atoms. The number of halogens is 1. The quantitative estimate of drug-likeness (QED) is 0.793. The van der Waals surface area contributed by atoms with Crippen LogP contribution in [-0.2, 0) is 13.1 Å². The molecule has 0 saturated carbocycles. The van der Waals surface area contributed by atoms with Gasteiger partial charge in [0, 0.05) is 50.5 Å². The highest BCUT2D eigenvalue weighted by molar-refractivity contribution is 5.68. The fraction of sp³-hybridized carbons (Fsp3) is 0.333. The van der Waals surface area contributed by atoms with Gasteiger partial charge in [-0.05, 0) is 17.7 Å². The number of nitrogens with zero attached hydrogens (tertiary/aromatic N) is 1. The van der Waals surface area contributed by atoms with Gasteiger partial charge in [0.05, 0.1) is 5.69 Å². The van der Waals surface area contributed by atoms with Gasteiger partial charge >= 0.3 is 0 Å². The molecule has 0 aromatic heterocycles. The van der Waals surface area contributed by atoms with Crippen molar-refractivity contribution in [3.63, 3.8) is 0 Å². The molecule has 0 atom stereocenters. The maximum Gasteiger partial charge on any atom is 0.146 e. The zero-order chi connectivity index (χ0) is 16.1. The van der Waals surface area contributed by atoms with Gasteiger partial charge in [0.2, 0.25) is 0 Å². The molecule has 122 valence electrons. The van der Waals surface area contributed by atoms with Gasteiger partial charge in [0.1, 0.15) is 5.82 Å². The molecular formula is C18H23FN4. The summed E-state index contributed by atoms with van der Waals surface area (Å²) in [6, 6.07) is 13.5. The third-order valence-electron chi connectivity index (χ3n) is 4.20. The van der Waals surface area contributed by atoms with E-state index in [0.29, 0.717) is 18.8 Å². The molecule has 5 heteroatoms. The van der Waals surface area contributed by atoms with Gasteiger partial charge in [-0.3, -0.25) is 0 Å². The molecule has 1 aliphatic rings. The maximum atomic E-state index is 14.4. The van der Waals surface area contributed by atoms with E-state index in [2.05, 4.69) is 27.7 Å². The molecular weight excluding hydrogens is 291 g/mol. The molecule has 0 unspecified atom stereocenters. The normalized spacial score (nSPS) is 14.8. The van der Waals surface area contributed by atoms with Crippen molar-refractivity contribution in [3.8, 4) is 0 Å². The number of rotatable bonds is 5. The molecule has 1 saturated heterocycles. The fourth-order valence-corrected chi connectivity index (χ4v) is 3.00. The summed E-state index contributed by atoms with van der Waals surface area (Å²) in [4.78, 5) is 2.09. The second-order valence-electron chi connectivity index (χ2n) is 5.70. The Bertz CT molecular complexity index is 639. The second-order valence-corrected chi connectivity index (χ2v) is 5.70. The molecule has 4 N–H and O–H groups in total. The van der Waals surface area contributed by atoms with Gasteiger partial charge in [-0.1, -0.05) is 30.3 Å². The minimum Gasteiger partial charge on any atom is -0.381 e. The van der Waals surface area contributed by atoms with Crippen molar-refractivity contribution in [1.29, 1.82) is 0 Å². The van der Waals surface area contributed by atoms with Crippen molar-refractivity contribution in [3.05, 3.63) is 59.4 Å². The highest BCUT2D eigenvalue weighted by Gasteiger charge is 2.20. The Hall–Kier alpha value is -2.11. The lowest BCUT2D eigenvalue weighted by molar-refractivity contribution is 0.564. The molecule has 0 bridgehead atoms. The van der Waals surface area contributed by atoms with Gasteiger partial charge in [0.15, 0.2) is 0 Å². The largest absolute Gasteiger partial charge is 0.381 e. The van der Waals surface area contributed by atoms with Crippen molar-refractivity contribution in [2.45, 2.75) is 13.1 Å². The summed E-state index contributed by atoms with van der Waals surface area (Å²) in [5.74, 6) is -0.197. The molecule has 0 aliphatic carbocycles. The van der Waals surface area contributed by atoms with Crippen LogP contribution in [0.4, 0.5) is 15.8 Å². The van der Waals surface area contributed by atoms with Gasteiger partial charge in [-0.25, -0.2) is 4.39 Å². The average Bonchev–Trinajstić information content (AvgIpc) is 2.62. The first-order valence-corrected chi connectivity index (χ1v) is 8.04. The third kappa shape index (κ3) is 3.63. The summed E-state index contributed by atoms with van der Waals surface area (Å²) in [6.07, 6.45) is 0. The van der Waals surface area contributed by atoms with Crippen molar-refractivity contribution in [2.75, 3.05) is 36.4 Å². The zero-order valence-electron chi connectivity index (χ0n) is 13.2. The first kappa shape index (κ1) is 15.8. The Morgan fingerprint density at radius 2 is 1.83 bits per heavy atom. The van der Waals surface area contributed by atoms with Crippen LogP contribution < -0.4 is 21.3 Å². The minimum atomic E-state index is -0.197. The Morgan fingerprint density at radius 1 is 1.09 bits per heavy atom. The molecule has 3 rings (SSSR count). The van der Waals surface area contributed by atoms with E-state index in [1.807, 2.05) is 18.2 Å². The second kappa shape index (κ2) is 7.44. The van der Waals surface area contributed by atoms with E-state index in [-0.39, 0.29) is 5.82 Å². The summed E-state index contributed by atoms with van der Waals surface area (Å²) < 4.78 is 14.4. The molecule has 4 nitrogen and oxygen atoms in total. The van der Waals surface area contributed by atoms with Crippen LogP contribution in [-0.4, -0.2) is 26.2 Å². The Labute approximate surface area is 136 Å². The van der Waals surface area contributed by atoms with E-state index in [0.717, 1.165) is 37.4 Å². The van der Waals surface area contributed by atoms with Crippen LogP contribution in [0.25, 0.3) is 0 Å². The molecule has 0 amide bonds. The van der Waals surface area contributed by atoms with E-state index >= 15 is 0 Å². The maximum absolute atomic E-state index is 14.4. The van der Waals surface area contributed by atoms with Crippen LogP contribution in [0.3, 0.4) is 0 Å². The summed E-state index contributed by atoms with van der Waals surface area (Å²) in [5, 5.41) is 6.69. The third-order valence-corrected chi connectivity index (χ3v) is 4.20. The van der Waals surface area contributed by atoms with Gasteiger partial charge in [0.25, 0.3) is 0 Å². The van der Waals surface area contributed by atoms with Crippen molar-refractivity contribution >= 4 is 11.4 Å². The van der Waals surface area contributed by atoms with E-state index in [1.165, 1.54) is 11.6 Å². The topological polar surface area (TPSA) is 53.3 Å².